The van der Waals surface area contributed by atoms with Gasteiger partial charge in [-0.25, -0.2) is 0 Å². The minimum absolute atomic E-state index is 0.0251. The maximum Gasteiger partial charge on any atom is 0.313 e. The molecule has 0 aliphatic heterocycles. The summed E-state index contributed by atoms with van der Waals surface area (Å²) in [6.07, 6.45) is 2.42. The lowest BCUT2D eigenvalue weighted by Gasteiger charge is -2.11. The molecule has 1 aromatic carbocycles. The highest BCUT2D eigenvalue weighted by atomic mass is 16.5. The van der Waals surface area contributed by atoms with Crippen LogP contribution in [0.5, 0.6) is 5.75 Å². The lowest BCUT2D eigenvalue weighted by Crippen LogP contribution is -2.40. The Bertz CT molecular complexity index is 469. The summed E-state index contributed by atoms with van der Waals surface area (Å²) in [4.78, 5) is 23.2. The number of rotatable bonds is 6. The Kier molecular flexibility index (Phi) is 6.29. The van der Waals surface area contributed by atoms with E-state index in [1.807, 2.05) is 13.8 Å². The fraction of sp³-hybridized carbons (Fsp3) is 0.333. The highest BCUT2D eigenvalue weighted by Crippen LogP contribution is 2.15. The standard InChI is InChI=1S/C15H20N2O3/c1-4-10-20-13-8-6-12(7-9-13)17-15(19)14(18)16-11(3)5-2/h4,6-9,11H,1,5,10H2,2-3H3,(H,16,18)(H,17,19)/t11-/m1/s1. The van der Waals surface area contributed by atoms with Crippen molar-refractivity contribution in [2.24, 2.45) is 0 Å². The first-order chi connectivity index (χ1) is 9.56. The minimum Gasteiger partial charge on any atom is -0.490 e. The number of ether oxygens (including phenoxy) is 1. The number of carbonyl (C=O) groups excluding carboxylic acids is 2. The van der Waals surface area contributed by atoms with Crippen molar-refractivity contribution in [1.29, 1.82) is 0 Å². The minimum atomic E-state index is -0.676. The zero-order valence-corrected chi connectivity index (χ0v) is 11.8. The van der Waals surface area contributed by atoms with Gasteiger partial charge in [-0.3, -0.25) is 9.59 Å². The third-order valence-corrected chi connectivity index (χ3v) is 2.68. The van der Waals surface area contributed by atoms with Crippen LogP contribution in [0.3, 0.4) is 0 Å². The van der Waals surface area contributed by atoms with Crippen LogP contribution in [0.25, 0.3) is 0 Å². The van der Waals surface area contributed by atoms with E-state index in [1.54, 1.807) is 30.3 Å². The average molecular weight is 276 g/mol. The molecule has 1 rings (SSSR count). The molecule has 0 spiro atoms. The van der Waals surface area contributed by atoms with Crippen molar-refractivity contribution in [3.63, 3.8) is 0 Å². The Morgan fingerprint density at radius 1 is 1.30 bits per heavy atom. The summed E-state index contributed by atoms with van der Waals surface area (Å²) in [5.41, 5.74) is 0.542. The molecule has 0 unspecified atom stereocenters. The highest BCUT2D eigenvalue weighted by molar-refractivity contribution is 6.39. The number of amides is 2. The lowest BCUT2D eigenvalue weighted by atomic mass is 10.2. The van der Waals surface area contributed by atoms with Crippen molar-refractivity contribution >= 4 is 17.5 Å². The molecule has 0 radical (unpaired) electrons. The van der Waals surface area contributed by atoms with Crippen LogP contribution in [-0.2, 0) is 9.59 Å². The predicted octanol–water partition coefficient (Wildman–Crippen LogP) is 2.10. The number of hydrogen-bond donors (Lipinski definition) is 2. The Morgan fingerprint density at radius 3 is 2.50 bits per heavy atom. The van der Waals surface area contributed by atoms with Gasteiger partial charge in [0, 0.05) is 11.7 Å². The first-order valence-corrected chi connectivity index (χ1v) is 6.52. The maximum atomic E-state index is 11.7. The molecule has 1 aromatic rings. The van der Waals surface area contributed by atoms with Gasteiger partial charge in [0.1, 0.15) is 12.4 Å². The predicted molar refractivity (Wildman–Crippen MR) is 78.7 cm³/mol. The van der Waals surface area contributed by atoms with Gasteiger partial charge in [0.25, 0.3) is 0 Å². The number of benzene rings is 1. The monoisotopic (exact) mass is 276 g/mol. The third kappa shape index (κ3) is 5.14. The second-order valence-electron chi connectivity index (χ2n) is 4.36. The molecule has 5 heteroatoms. The van der Waals surface area contributed by atoms with E-state index in [2.05, 4.69) is 17.2 Å². The topological polar surface area (TPSA) is 67.4 Å². The summed E-state index contributed by atoms with van der Waals surface area (Å²) in [7, 11) is 0. The molecule has 2 N–H and O–H groups in total. The Balaban J connectivity index is 2.53. The molecule has 1 atom stereocenters. The molecular formula is C15H20N2O3. The van der Waals surface area contributed by atoms with Crippen LogP contribution in [0.4, 0.5) is 5.69 Å². The number of anilines is 1. The van der Waals surface area contributed by atoms with E-state index in [0.717, 1.165) is 6.42 Å². The maximum absolute atomic E-state index is 11.7. The molecular weight excluding hydrogens is 256 g/mol. The van der Waals surface area contributed by atoms with Crippen LogP contribution in [0.2, 0.25) is 0 Å². The van der Waals surface area contributed by atoms with Crippen molar-refractivity contribution in [2.75, 3.05) is 11.9 Å². The van der Waals surface area contributed by atoms with Gasteiger partial charge in [-0.05, 0) is 37.6 Å². The van der Waals surface area contributed by atoms with Crippen LogP contribution < -0.4 is 15.4 Å². The fourth-order valence-electron chi connectivity index (χ4n) is 1.37. The van der Waals surface area contributed by atoms with Crippen molar-refractivity contribution in [2.45, 2.75) is 26.3 Å². The van der Waals surface area contributed by atoms with Crippen LogP contribution >= 0.6 is 0 Å². The van der Waals surface area contributed by atoms with Gasteiger partial charge >= 0.3 is 11.8 Å². The summed E-state index contributed by atoms with van der Waals surface area (Å²) in [5, 5.41) is 5.13. The van der Waals surface area contributed by atoms with Crippen LogP contribution in [0.1, 0.15) is 20.3 Å². The van der Waals surface area contributed by atoms with E-state index in [1.165, 1.54) is 0 Å². The van der Waals surface area contributed by atoms with Gasteiger partial charge in [-0.15, -0.1) is 0 Å². The Morgan fingerprint density at radius 2 is 1.95 bits per heavy atom. The Hall–Kier alpha value is -2.30. The average Bonchev–Trinajstić information content (AvgIpc) is 2.46. The zero-order valence-electron chi connectivity index (χ0n) is 11.8. The van der Waals surface area contributed by atoms with Crippen LogP contribution in [0.15, 0.2) is 36.9 Å². The number of nitrogens with one attached hydrogen (secondary N) is 2. The first-order valence-electron chi connectivity index (χ1n) is 6.52. The molecule has 5 nitrogen and oxygen atoms in total. The van der Waals surface area contributed by atoms with Gasteiger partial charge in [0.15, 0.2) is 0 Å². The van der Waals surface area contributed by atoms with Gasteiger partial charge in [-0.2, -0.15) is 0 Å². The SMILES string of the molecule is C=CCOc1ccc(NC(=O)C(=O)N[C@H](C)CC)cc1. The van der Waals surface area contributed by atoms with Crippen molar-refractivity contribution < 1.29 is 14.3 Å². The van der Waals surface area contributed by atoms with Crippen LogP contribution in [-0.4, -0.2) is 24.5 Å². The van der Waals surface area contributed by atoms with E-state index < -0.39 is 11.8 Å². The van der Waals surface area contributed by atoms with Gasteiger partial charge in [0.2, 0.25) is 0 Å². The molecule has 0 heterocycles. The van der Waals surface area contributed by atoms with E-state index in [4.69, 9.17) is 4.74 Å². The lowest BCUT2D eigenvalue weighted by molar-refractivity contribution is -0.136. The number of carbonyl (C=O) groups is 2. The summed E-state index contributed by atoms with van der Waals surface area (Å²) in [6.45, 7) is 7.76. The summed E-state index contributed by atoms with van der Waals surface area (Å²) in [6, 6.07) is 6.75. The molecule has 0 saturated carbocycles. The molecule has 20 heavy (non-hydrogen) atoms. The summed E-state index contributed by atoms with van der Waals surface area (Å²) in [5.74, 6) is -0.636. The fourth-order valence-corrected chi connectivity index (χ4v) is 1.37. The molecule has 0 aliphatic rings. The first kappa shape index (κ1) is 15.8. The largest absolute Gasteiger partial charge is 0.490 e. The van der Waals surface area contributed by atoms with E-state index in [0.29, 0.717) is 18.0 Å². The molecule has 0 fully saturated rings. The second-order valence-corrected chi connectivity index (χ2v) is 4.36. The Labute approximate surface area is 119 Å². The molecule has 0 aliphatic carbocycles. The molecule has 2 amide bonds. The van der Waals surface area contributed by atoms with Crippen molar-refractivity contribution in [1.82, 2.24) is 5.32 Å². The number of hydrogen-bond acceptors (Lipinski definition) is 3. The van der Waals surface area contributed by atoms with E-state index >= 15 is 0 Å². The summed E-state index contributed by atoms with van der Waals surface area (Å²) >= 11 is 0. The van der Waals surface area contributed by atoms with Gasteiger partial charge in [-0.1, -0.05) is 19.6 Å². The molecule has 0 saturated heterocycles. The van der Waals surface area contributed by atoms with Gasteiger partial charge < -0.3 is 15.4 Å². The summed E-state index contributed by atoms with van der Waals surface area (Å²) < 4.78 is 5.32. The van der Waals surface area contributed by atoms with Gasteiger partial charge in [0.05, 0.1) is 0 Å². The van der Waals surface area contributed by atoms with Crippen molar-refractivity contribution in [3.8, 4) is 5.75 Å². The molecule has 0 aromatic heterocycles. The second kappa shape index (κ2) is 7.99. The third-order valence-electron chi connectivity index (χ3n) is 2.68. The zero-order chi connectivity index (χ0) is 15.0. The molecule has 108 valence electrons. The van der Waals surface area contributed by atoms with E-state index in [-0.39, 0.29) is 6.04 Å². The normalized spacial score (nSPS) is 11.3. The van der Waals surface area contributed by atoms with E-state index in [9.17, 15) is 9.59 Å². The van der Waals surface area contributed by atoms with Crippen molar-refractivity contribution in [3.05, 3.63) is 36.9 Å². The smallest absolute Gasteiger partial charge is 0.313 e. The quantitative estimate of drug-likeness (QED) is 0.617. The highest BCUT2D eigenvalue weighted by Gasteiger charge is 2.15. The van der Waals surface area contributed by atoms with Crippen LogP contribution in [0, 0.1) is 0 Å². The molecule has 0 bridgehead atoms.